The lowest BCUT2D eigenvalue weighted by molar-refractivity contribution is 0.0710. The van der Waals surface area contributed by atoms with Crippen LogP contribution in [0.4, 0.5) is 5.69 Å². The molecule has 0 bridgehead atoms. The van der Waals surface area contributed by atoms with Gasteiger partial charge in [0.05, 0.1) is 75.2 Å². The number of hydrogen-bond donors (Lipinski definition) is 2. The van der Waals surface area contributed by atoms with Crippen molar-refractivity contribution in [2.45, 2.75) is 13.3 Å². The molecule has 0 aromatic heterocycles. The number of allylic oxidation sites excluding steroid dienone is 6. The molecule has 1 aliphatic heterocycles. The summed E-state index contributed by atoms with van der Waals surface area (Å²) in [6, 6.07) is 0. The summed E-state index contributed by atoms with van der Waals surface area (Å²) in [6.45, 7) is 5.24. The number of Topliss-reactive ketones (excluding diaryl/α,β-unsaturated/α-hetero) is 2. The standard InChI is InChI=1S/C28H15Cl6N3O4S/c1-3-4-11(13-25(38)14-15(26(13)39)20(31)19(30)8(2)18(14)29)36-10-6-5-9(42)7-12(10)37-27(40)16-17(28(37)41)22(33)24(35)23(34)21(16)32/h3-5,7,13,42H,1,6,35H2,2H3/b11-4-,36-10?. The fourth-order valence-corrected chi connectivity index (χ4v) is 6.74. The summed E-state index contributed by atoms with van der Waals surface area (Å²) in [5.74, 6) is -4.42. The summed E-state index contributed by atoms with van der Waals surface area (Å²) in [6.07, 6.45) is 5.85. The van der Waals surface area contributed by atoms with Crippen molar-refractivity contribution in [3.05, 3.63) is 105 Å². The van der Waals surface area contributed by atoms with E-state index in [1.54, 1.807) is 13.0 Å². The summed E-state index contributed by atoms with van der Waals surface area (Å²) in [5.41, 5.74) is 5.59. The molecule has 7 nitrogen and oxygen atoms in total. The second-order valence-corrected chi connectivity index (χ2v) is 12.1. The topological polar surface area (TPSA) is 110 Å². The Labute approximate surface area is 274 Å². The number of aliphatic imine (C=N–C) groups is 1. The number of hydrogen-bond acceptors (Lipinski definition) is 7. The Balaban J connectivity index is 1.64. The summed E-state index contributed by atoms with van der Waals surface area (Å²) < 4.78 is 0. The molecule has 14 heteroatoms. The lowest BCUT2D eigenvalue weighted by Gasteiger charge is -2.23. The van der Waals surface area contributed by atoms with Crippen LogP contribution in [0.5, 0.6) is 0 Å². The SMILES string of the molecule is C=C/C=C(\N=C1CC=C(S)C=C1N1C(=O)c2c(Cl)c(N)c(Cl)c(Cl)c2C1=O)C1C(=O)c2c(Cl)c(C)c(Cl)c(Cl)c2C1=O. The third-order valence-corrected chi connectivity index (χ3v) is 9.91. The molecule has 0 radical (unpaired) electrons. The van der Waals surface area contributed by atoms with Gasteiger partial charge in [0.15, 0.2) is 11.6 Å². The molecular formula is C28H15Cl6N3O4S. The fourth-order valence-electron chi connectivity index (χ4n) is 4.89. The molecule has 0 saturated carbocycles. The molecule has 0 saturated heterocycles. The quantitative estimate of drug-likeness (QED) is 0.0831. The van der Waals surface area contributed by atoms with E-state index in [1.807, 2.05) is 0 Å². The zero-order valence-corrected chi connectivity index (χ0v) is 26.6. The van der Waals surface area contributed by atoms with Crippen molar-refractivity contribution in [3.8, 4) is 0 Å². The van der Waals surface area contributed by atoms with Crippen molar-refractivity contribution in [1.82, 2.24) is 4.90 Å². The van der Waals surface area contributed by atoms with Gasteiger partial charge in [-0.25, -0.2) is 4.90 Å². The molecule has 2 N–H and O–H groups in total. The average molecular weight is 702 g/mol. The maximum Gasteiger partial charge on any atom is 0.267 e. The first kappa shape index (κ1) is 30.9. The third-order valence-electron chi connectivity index (χ3n) is 6.92. The van der Waals surface area contributed by atoms with Crippen LogP contribution in [0, 0.1) is 12.8 Å². The van der Waals surface area contributed by atoms with Crippen LogP contribution in [0.15, 0.2) is 52.2 Å². The number of ketones is 2. The summed E-state index contributed by atoms with van der Waals surface area (Å²) in [4.78, 5) is 60.2. The van der Waals surface area contributed by atoms with Gasteiger partial charge in [-0.1, -0.05) is 88.3 Å². The predicted molar refractivity (Wildman–Crippen MR) is 170 cm³/mol. The van der Waals surface area contributed by atoms with E-state index in [9.17, 15) is 19.2 Å². The predicted octanol–water partition coefficient (Wildman–Crippen LogP) is 8.40. The summed E-state index contributed by atoms with van der Waals surface area (Å²) in [5, 5.41) is -0.683. The minimum Gasteiger partial charge on any atom is -0.396 e. The van der Waals surface area contributed by atoms with Gasteiger partial charge in [0.1, 0.15) is 5.92 Å². The summed E-state index contributed by atoms with van der Waals surface area (Å²) >= 11 is 42.2. The van der Waals surface area contributed by atoms with Crippen LogP contribution < -0.4 is 5.73 Å². The number of rotatable bonds is 4. The normalized spacial score (nSPS) is 19.4. The van der Waals surface area contributed by atoms with Crippen molar-refractivity contribution < 1.29 is 19.2 Å². The van der Waals surface area contributed by atoms with E-state index in [4.69, 9.17) is 75.3 Å². The first-order valence-corrected chi connectivity index (χ1v) is 14.6. The van der Waals surface area contributed by atoms with Gasteiger partial charge in [-0.15, -0.1) is 12.6 Å². The Bertz CT molecular complexity index is 1770. The zero-order chi connectivity index (χ0) is 30.9. The van der Waals surface area contributed by atoms with Gasteiger partial charge in [-0.05, 0) is 24.6 Å². The number of carbonyl (C=O) groups excluding carboxylic acids is 4. The second-order valence-electron chi connectivity index (χ2n) is 9.28. The fraction of sp³-hybridized carbons (Fsp3) is 0.107. The van der Waals surface area contributed by atoms with E-state index in [0.29, 0.717) is 10.5 Å². The Hall–Kier alpha value is -2.56. The number of imide groups is 1. The minimum absolute atomic E-state index is 0.00414. The van der Waals surface area contributed by atoms with Crippen LogP contribution in [-0.2, 0) is 0 Å². The number of halogens is 6. The largest absolute Gasteiger partial charge is 0.396 e. The van der Waals surface area contributed by atoms with Crippen molar-refractivity contribution in [2.24, 2.45) is 10.9 Å². The zero-order valence-electron chi connectivity index (χ0n) is 21.1. The highest BCUT2D eigenvalue weighted by Crippen LogP contribution is 2.47. The van der Waals surface area contributed by atoms with Gasteiger partial charge < -0.3 is 5.73 Å². The first-order chi connectivity index (χ1) is 19.7. The van der Waals surface area contributed by atoms with Crippen LogP contribution >= 0.6 is 82.2 Å². The Morgan fingerprint density at radius 3 is 2.05 bits per heavy atom. The average Bonchev–Trinajstić information content (AvgIpc) is 3.37. The monoisotopic (exact) mass is 699 g/mol. The van der Waals surface area contributed by atoms with Crippen molar-refractivity contribution in [1.29, 1.82) is 0 Å². The molecule has 0 spiro atoms. The van der Waals surface area contributed by atoms with E-state index in [1.165, 1.54) is 18.2 Å². The van der Waals surface area contributed by atoms with Crippen LogP contribution in [0.2, 0.25) is 30.1 Å². The van der Waals surface area contributed by atoms with Crippen molar-refractivity contribution in [3.63, 3.8) is 0 Å². The van der Waals surface area contributed by atoms with Gasteiger partial charge in [-0.2, -0.15) is 0 Å². The number of anilines is 1. The van der Waals surface area contributed by atoms with Gasteiger partial charge in [0, 0.05) is 11.3 Å². The molecule has 0 fully saturated rings. The van der Waals surface area contributed by atoms with Crippen molar-refractivity contribution >= 4 is 117 Å². The van der Waals surface area contributed by atoms with Gasteiger partial charge in [0.25, 0.3) is 11.8 Å². The maximum atomic E-state index is 13.6. The molecule has 1 atom stereocenters. The first-order valence-electron chi connectivity index (χ1n) is 11.9. The Kier molecular flexibility index (Phi) is 8.22. The van der Waals surface area contributed by atoms with E-state index < -0.39 is 29.3 Å². The van der Waals surface area contributed by atoms with E-state index in [2.05, 4.69) is 24.2 Å². The molecule has 2 aliphatic carbocycles. The Morgan fingerprint density at radius 1 is 0.905 bits per heavy atom. The molecule has 1 unspecified atom stereocenters. The molecule has 2 amide bonds. The highest BCUT2D eigenvalue weighted by Gasteiger charge is 2.47. The van der Waals surface area contributed by atoms with Gasteiger partial charge in [0.2, 0.25) is 0 Å². The maximum absolute atomic E-state index is 13.6. The lowest BCUT2D eigenvalue weighted by Crippen LogP contribution is -2.34. The number of nitrogens with zero attached hydrogens (tertiary/aromatic N) is 2. The highest BCUT2D eigenvalue weighted by atomic mass is 35.5. The number of nitrogens with two attached hydrogens (primary N) is 1. The molecule has 2 aromatic rings. The molecule has 5 rings (SSSR count). The summed E-state index contributed by atoms with van der Waals surface area (Å²) in [7, 11) is 0. The highest BCUT2D eigenvalue weighted by molar-refractivity contribution is 7.84. The number of carbonyl (C=O) groups is 4. The van der Waals surface area contributed by atoms with Crippen LogP contribution in [-0.4, -0.2) is 34.0 Å². The van der Waals surface area contributed by atoms with Crippen LogP contribution in [0.25, 0.3) is 0 Å². The lowest BCUT2D eigenvalue weighted by atomic mass is 9.98. The number of nitrogen functional groups attached to an aromatic ring is 1. The van der Waals surface area contributed by atoms with Crippen LogP contribution in [0.1, 0.15) is 53.4 Å². The third kappa shape index (κ3) is 4.47. The Morgan fingerprint density at radius 2 is 1.45 bits per heavy atom. The van der Waals surface area contributed by atoms with E-state index >= 15 is 0 Å². The van der Waals surface area contributed by atoms with Gasteiger partial charge in [-0.3, -0.25) is 24.2 Å². The van der Waals surface area contributed by atoms with Crippen LogP contribution in [0.3, 0.4) is 0 Å². The van der Waals surface area contributed by atoms with E-state index in [0.717, 1.165) is 4.90 Å². The van der Waals surface area contributed by atoms with Crippen molar-refractivity contribution in [2.75, 3.05) is 5.73 Å². The molecule has 3 aliphatic rings. The molecule has 42 heavy (non-hydrogen) atoms. The number of amides is 2. The molecule has 2 aromatic carbocycles. The number of benzene rings is 2. The number of fused-ring (bicyclic) bond motifs is 2. The molecular weight excluding hydrogens is 687 g/mol. The second kappa shape index (κ2) is 11.2. The molecule has 1 heterocycles. The molecule has 214 valence electrons. The van der Waals surface area contributed by atoms with Gasteiger partial charge >= 0.3 is 0 Å². The van der Waals surface area contributed by atoms with E-state index in [-0.39, 0.29) is 81.6 Å². The smallest absolute Gasteiger partial charge is 0.267 e. The number of thiol groups is 1. The minimum atomic E-state index is -1.45.